The molecule has 1 unspecified atom stereocenters. The molecular weight excluding hydrogens is 218 g/mol. The van der Waals surface area contributed by atoms with Crippen molar-refractivity contribution in [1.82, 2.24) is 0 Å². The summed E-state index contributed by atoms with van der Waals surface area (Å²) in [5.74, 6) is -1.32. The van der Waals surface area contributed by atoms with Crippen LogP contribution in [-0.4, -0.2) is 24.0 Å². The first-order chi connectivity index (χ1) is 7.15. The maximum absolute atomic E-state index is 11.5. The highest BCUT2D eigenvalue weighted by Crippen LogP contribution is 2.20. The van der Waals surface area contributed by atoms with Gasteiger partial charge in [0, 0.05) is 4.92 Å². The van der Waals surface area contributed by atoms with E-state index < -0.39 is 23.4 Å². The predicted molar refractivity (Wildman–Crippen MR) is 55.6 cm³/mol. The molecule has 0 radical (unpaired) electrons. The minimum atomic E-state index is -0.786. The van der Waals surface area contributed by atoms with Crippen molar-refractivity contribution in [2.24, 2.45) is 0 Å². The van der Waals surface area contributed by atoms with Crippen LogP contribution in [0.15, 0.2) is 16.8 Å². The number of carbonyl (C=O) groups is 1. The first-order valence-corrected chi connectivity index (χ1v) is 5.40. The molecule has 15 heavy (non-hydrogen) atoms. The van der Waals surface area contributed by atoms with Gasteiger partial charge in [0.25, 0.3) is 0 Å². The molecule has 0 bridgehead atoms. The normalized spacial score (nSPS) is 12.1. The SMILES string of the molecule is CCOC(=O)C(C[N+](=O)[O-])c1ccsc1. The molecule has 0 amide bonds. The molecule has 0 aromatic carbocycles. The number of rotatable bonds is 5. The zero-order valence-electron chi connectivity index (χ0n) is 8.21. The van der Waals surface area contributed by atoms with Crippen LogP contribution in [0, 0.1) is 10.1 Å². The molecule has 82 valence electrons. The van der Waals surface area contributed by atoms with Crippen LogP contribution in [0.1, 0.15) is 18.4 Å². The lowest BCUT2D eigenvalue weighted by Gasteiger charge is -2.09. The van der Waals surface area contributed by atoms with Gasteiger partial charge in [-0.15, -0.1) is 0 Å². The molecule has 0 aliphatic rings. The third kappa shape index (κ3) is 3.32. The highest BCUT2D eigenvalue weighted by atomic mass is 32.1. The number of carbonyl (C=O) groups excluding carboxylic acids is 1. The molecule has 0 spiro atoms. The van der Waals surface area contributed by atoms with E-state index >= 15 is 0 Å². The summed E-state index contributed by atoms with van der Waals surface area (Å²) in [7, 11) is 0. The van der Waals surface area contributed by atoms with Crippen molar-refractivity contribution >= 4 is 17.3 Å². The smallest absolute Gasteiger partial charge is 0.320 e. The summed E-state index contributed by atoms with van der Waals surface area (Å²) < 4.78 is 4.79. The average molecular weight is 229 g/mol. The first kappa shape index (κ1) is 11.6. The lowest BCUT2D eigenvalue weighted by molar-refractivity contribution is -0.481. The molecule has 1 aromatic heterocycles. The lowest BCUT2D eigenvalue weighted by atomic mass is 10.0. The Morgan fingerprint density at radius 3 is 2.93 bits per heavy atom. The molecule has 1 atom stereocenters. The minimum Gasteiger partial charge on any atom is -0.465 e. The van der Waals surface area contributed by atoms with Crippen LogP contribution in [0.5, 0.6) is 0 Å². The van der Waals surface area contributed by atoms with Gasteiger partial charge in [0.05, 0.1) is 6.61 Å². The topological polar surface area (TPSA) is 69.4 Å². The second-order valence-electron chi connectivity index (χ2n) is 2.88. The fourth-order valence-electron chi connectivity index (χ4n) is 1.18. The largest absolute Gasteiger partial charge is 0.465 e. The van der Waals surface area contributed by atoms with Gasteiger partial charge in [0.2, 0.25) is 6.54 Å². The maximum Gasteiger partial charge on any atom is 0.320 e. The first-order valence-electron chi connectivity index (χ1n) is 4.45. The van der Waals surface area contributed by atoms with Gasteiger partial charge in [-0.1, -0.05) is 0 Å². The Labute approximate surface area is 90.8 Å². The van der Waals surface area contributed by atoms with Crippen molar-refractivity contribution in [3.8, 4) is 0 Å². The number of ether oxygens (including phenoxy) is 1. The Morgan fingerprint density at radius 1 is 1.73 bits per heavy atom. The molecule has 1 aromatic rings. The molecule has 0 saturated heterocycles. The molecule has 0 N–H and O–H groups in total. The Kier molecular flexibility index (Phi) is 4.23. The molecule has 0 saturated carbocycles. The van der Waals surface area contributed by atoms with E-state index in [0.717, 1.165) is 0 Å². The van der Waals surface area contributed by atoms with E-state index in [-0.39, 0.29) is 6.61 Å². The van der Waals surface area contributed by atoms with Gasteiger partial charge < -0.3 is 4.74 Å². The van der Waals surface area contributed by atoms with Gasteiger partial charge in [-0.2, -0.15) is 11.3 Å². The van der Waals surface area contributed by atoms with Gasteiger partial charge in [-0.25, -0.2) is 0 Å². The van der Waals surface area contributed by atoms with E-state index in [1.165, 1.54) is 11.3 Å². The van der Waals surface area contributed by atoms with Crippen LogP contribution in [-0.2, 0) is 9.53 Å². The lowest BCUT2D eigenvalue weighted by Crippen LogP contribution is -2.23. The molecular formula is C9H11NO4S. The Balaban J connectivity index is 2.78. The van der Waals surface area contributed by atoms with E-state index in [1.54, 1.807) is 23.8 Å². The molecule has 1 heterocycles. The summed E-state index contributed by atoms with van der Waals surface area (Å²) in [5, 5.41) is 13.9. The third-order valence-electron chi connectivity index (χ3n) is 1.85. The van der Waals surface area contributed by atoms with Crippen LogP contribution in [0.3, 0.4) is 0 Å². The monoisotopic (exact) mass is 229 g/mol. The average Bonchev–Trinajstić information content (AvgIpc) is 2.66. The molecule has 0 aliphatic heterocycles. The molecule has 0 fully saturated rings. The number of hydrogen-bond acceptors (Lipinski definition) is 5. The van der Waals surface area contributed by atoms with Gasteiger partial charge in [0.15, 0.2) is 0 Å². The van der Waals surface area contributed by atoms with Crippen molar-refractivity contribution in [2.75, 3.05) is 13.2 Å². The second-order valence-corrected chi connectivity index (χ2v) is 3.66. The van der Waals surface area contributed by atoms with Crippen molar-refractivity contribution in [3.05, 3.63) is 32.5 Å². The number of nitrogens with zero attached hydrogens (tertiary/aromatic N) is 1. The summed E-state index contributed by atoms with van der Waals surface area (Å²) in [6.45, 7) is 1.49. The number of thiophene rings is 1. The minimum absolute atomic E-state index is 0.233. The van der Waals surface area contributed by atoms with E-state index in [4.69, 9.17) is 4.74 Å². The maximum atomic E-state index is 11.5. The van der Waals surface area contributed by atoms with E-state index in [2.05, 4.69) is 0 Å². The summed E-state index contributed by atoms with van der Waals surface area (Å²) in [4.78, 5) is 21.4. The van der Waals surface area contributed by atoms with Crippen LogP contribution in [0.25, 0.3) is 0 Å². The zero-order chi connectivity index (χ0) is 11.3. The van der Waals surface area contributed by atoms with E-state index in [1.807, 2.05) is 0 Å². The number of nitro groups is 1. The standard InChI is InChI=1S/C9H11NO4S/c1-2-14-9(11)8(5-10(12)13)7-3-4-15-6-7/h3-4,6,8H,2,5H2,1H3. The quantitative estimate of drug-likeness (QED) is 0.437. The van der Waals surface area contributed by atoms with Gasteiger partial charge in [-0.05, 0) is 29.3 Å². The highest BCUT2D eigenvalue weighted by molar-refractivity contribution is 7.08. The van der Waals surface area contributed by atoms with Crippen molar-refractivity contribution in [2.45, 2.75) is 12.8 Å². The second kappa shape index (κ2) is 5.45. The summed E-state index contributed by atoms with van der Waals surface area (Å²) >= 11 is 1.40. The van der Waals surface area contributed by atoms with Crippen LogP contribution in [0.2, 0.25) is 0 Å². The zero-order valence-corrected chi connectivity index (χ0v) is 9.03. The summed E-state index contributed by atoms with van der Waals surface area (Å²) in [5.41, 5.74) is 0.648. The third-order valence-corrected chi connectivity index (χ3v) is 2.55. The predicted octanol–water partition coefficient (Wildman–Crippen LogP) is 1.67. The Morgan fingerprint density at radius 2 is 2.47 bits per heavy atom. The van der Waals surface area contributed by atoms with Gasteiger partial charge in [-0.3, -0.25) is 14.9 Å². The van der Waals surface area contributed by atoms with Crippen LogP contribution >= 0.6 is 11.3 Å². The van der Waals surface area contributed by atoms with E-state index in [9.17, 15) is 14.9 Å². The molecule has 1 rings (SSSR count). The summed E-state index contributed by atoms with van der Waals surface area (Å²) in [6, 6.07) is 1.70. The molecule has 5 nitrogen and oxygen atoms in total. The molecule has 6 heteroatoms. The fourth-order valence-corrected chi connectivity index (χ4v) is 1.90. The van der Waals surface area contributed by atoms with Gasteiger partial charge >= 0.3 is 5.97 Å². The van der Waals surface area contributed by atoms with Crippen LogP contribution < -0.4 is 0 Å². The number of esters is 1. The number of hydrogen-bond donors (Lipinski definition) is 0. The van der Waals surface area contributed by atoms with Crippen molar-refractivity contribution < 1.29 is 14.5 Å². The summed E-state index contributed by atoms with van der Waals surface area (Å²) in [6.07, 6.45) is 0. The van der Waals surface area contributed by atoms with Crippen molar-refractivity contribution in [3.63, 3.8) is 0 Å². The molecule has 0 aliphatic carbocycles. The highest BCUT2D eigenvalue weighted by Gasteiger charge is 2.27. The van der Waals surface area contributed by atoms with Crippen LogP contribution in [0.4, 0.5) is 0 Å². The fraction of sp³-hybridized carbons (Fsp3) is 0.444. The van der Waals surface area contributed by atoms with E-state index in [0.29, 0.717) is 5.56 Å². The Bertz CT molecular complexity index is 336. The Hall–Kier alpha value is -1.43. The van der Waals surface area contributed by atoms with Gasteiger partial charge in [0.1, 0.15) is 5.92 Å². The van der Waals surface area contributed by atoms with Crippen molar-refractivity contribution in [1.29, 1.82) is 0 Å².